The summed E-state index contributed by atoms with van der Waals surface area (Å²) >= 11 is 0. The van der Waals surface area contributed by atoms with Gasteiger partial charge < -0.3 is 26.2 Å². The average Bonchev–Trinajstić information content (AvgIpc) is 2.58. The Bertz CT molecular complexity index is 598. The summed E-state index contributed by atoms with van der Waals surface area (Å²) in [5.74, 6) is -1.23. The first-order valence-electron chi connectivity index (χ1n) is 7.27. The Morgan fingerprint density at radius 2 is 1.96 bits per heavy atom. The van der Waals surface area contributed by atoms with Crippen molar-refractivity contribution < 1.29 is 24.2 Å². The normalized spacial score (nSPS) is 11.8. The van der Waals surface area contributed by atoms with Crippen LogP contribution in [0, 0.1) is 0 Å². The number of ether oxygens (including phenoxy) is 1. The number of nitrogens with one attached hydrogen (secondary N) is 2. The SMILES string of the molecule is COC(=O)CC[C@H](N)C(=O)NCC(=O)N/C=C/c1ccc(O)cc1. The number of rotatable bonds is 8. The van der Waals surface area contributed by atoms with Crippen LogP contribution in [0.1, 0.15) is 18.4 Å². The maximum atomic E-state index is 11.7. The second-order valence-electron chi connectivity index (χ2n) is 4.93. The topological polar surface area (TPSA) is 131 Å². The van der Waals surface area contributed by atoms with Crippen molar-refractivity contribution in [3.8, 4) is 5.75 Å². The molecule has 1 aromatic rings. The summed E-state index contributed by atoms with van der Waals surface area (Å²) in [4.78, 5) is 34.2. The molecule has 0 radical (unpaired) electrons. The third-order valence-electron chi connectivity index (χ3n) is 3.06. The lowest BCUT2D eigenvalue weighted by atomic mass is 10.1. The Hall–Kier alpha value is -2.87. The molecule has 24 heavy (non-hydrogen) atoms. The highest BCUT2D eigenvalue weighted by molar-refractivity contribution is 5.88. The van der Waals surface area contributed by atoms with Crippen LogP contribution in [0.3, 0.4) is 0 Å². The molecule has 2 amide bonds. The number of phenolic OH excluding ortho intramolecular Hbond substituents is 1. The maximum absolute atomic E-state index is 11.7. The van der Waals surface area contributed by atoms with Crippen LogP contribution in [-0.2, 0) is 19.1 Å². The molecule has 0 heterocycles. The Labute approximate surface area is 139 Å². The summed E-state index contributed by atoms with van der Waals surface area (Å²) in [7, 11) is 1.25. The van der Waals surface area contributed by atoms with Crippen molar-refractivity contribution in [1.29, 1.82) is 0 Å². The van der Waals surface area contributed by atoms with Crippen LogP contribution < -0.4 is 16.4 Å². The van der Waals surface area contributed by atoms with Crippen LogP contribution in [0.4, 0.5) is 0 Å². The molecule has 8 heteroatoms. The first-order valence-corrected chi connectivity index (χ1v) is 7.27. The van der Waals surface area contributed by atoms with Gasteiger partial charge in [0.05, 0.1) is 19.7 Å². The first-order chi connectivity index (χ1) is 11.4. The number of carbonyl (C=O) groups excluding carboxylic acids is 3. The minimum Gasteiger partial charge on any atom is -0.508 e. The zero-order valence-corrected chi connectivity index (χ0v) is 13.3. The summed E-state index contributed by atoms with van der Waals surface area (Å²) in [5.41, 5.74) is 6.40. The Morgan fingerprint density at radius 3 is 2.58 bits per heavy atom. The number of methoxy groups -OCH3 is 1. The molecular formula is C16H21N3O5. The van der Waals surface area contributed by atoms with E-state index in [1.807, 2.05) is 0 Å². The standard InChI is InChI=1S/C16H21N3O5/c1-24-15(22)7-6-13(17)16(23)19-10-14(21)18-9-8-11-2-4-12(20)5-3-11/h2-5,8-9,13,20H,6-7,10,17H2,1H3,(H,18,21)(H,19,23)/b9-8+/t13-/m0/s1. The number of amides is 2. The van der Waals surface area contributed by atoms with Gasteiger partial charge in [-0.1, -0.05) is 12.1 Å². The molecule has 5 N–H and O–H groups in total. The van der Waals surface area contributed by atoms with Crippen molar-refractivity contribution in [3.05, 3.63) is 36.0 Å². The fourth-order valence-corrected chi connectivity index (χ4v) is 1.67. The molecule has 0 aromatic heterocycles. The van der Waals surface area contributed by atoms with Gasteiger partial charge in [-0.3, -0.25) is 14.4 Å². The van der Waals surface area contributed by atoms with Gasteiger partial charge in [-0.15, -0.1) is 0 Å². The van der Waals surface area contributed by atoms with Gasteiger partial charge in [0, 0.05) is 12.6 Å². The first kappa shape index (κ1) is 19.2. The molecule has 1 atom stereocenters. The number of aromatic hydroxyl groups is 1. The third-order valence-corrected chi connectivity index (χ3v) is 3.06. The van der Waals surface area contributed by atoms with E-state index in [2.05, 4.69) is 15.4 Å². The predicted octanol–water partition coefficient (Wildman–Crippen LogP) is -0.124. The molecule has 0 unspecified atom stereocenters. The molecule has 0 saturated carbocycles. The molecule has 0 aliphatic rings. The van der Waals surface area contributed by atoms with Gasteiger partial charge in [0.25, 0.3) is 0 Å². The predicted molar refractivity (Wildman–Crippen MR) is 87.5 cm³/mol. The Morgan fingerprint density at radius 1 is 1.29 bits per heavy atom. The molecule has 0 saturated heterocycles. The molecule has 1 aromatic carbocycles. The van der Waals surface area contributed by atoms with Crippen molar-refractivity contribution in [2.45, 2.75) is 18.9 Å². The zero-order chi connectivity index (χ0) is 17.9. The van der Waals surface area contributed by atoms with E-state index in [9.17, 15) is 14.4 Å². The highest BCUT2D eigenvalue weighted by Crippen LogP contribution is 2.10. The minimum absolute atomic E-state index is 0.0344. The van der Waals surface area contributed by atoms with E-state index in [1.54, 1.807) is 18.2 Å². The number of benzene rings is 1. The number of nitrogens with two attached hydrogens (primary N) is 1. The number of esters is 1. The van der Waals surface area contributed by atoms with Crippen molar-refractivity contribution in [1.82, 2.24) is 10.6 Å². The van der Waals surface area contributed by atoms with Gasteiger partial charge in [0.1, 0.15) is 5.75 Å². The minimum atomic E-state index is -0.885. The Kier molecular flexibility index (Phi) is 8.00. The molecule has 130 valence electrons. The smallest absolute Gasteiger partial charge is 0.305 e. The van der Waals surface area contributed by atoms with Crippen LogP contribution in [0.15, 0.2) is 30.5 Å². The molecule has 0 fully saturated rings. The maximum Gasteiger partial charge on any atom is 0.305 e. The molecule has 0 bridgehead atoms. The third kappa shape index (κ3) is 7.41. The molecule has 0 spiro atoms. The second-order valence-corrected chi connectivity index (χ2v) is 4.93. The molecule has 1 rings (SSSR count). The molecule has 0 aliphatic heterocycles. The Balaban J connectivity index is 2.28. The van der Waals surface area contributed by atoms with Gasteiger partial charge in [-0.25, -0.2) is 0 Å². The van der Waals surface area contributed by atoms with Gasteiger partial charge in [0.2, 0.25) is 11.8 Å². The number of hydrogen-bond donors (Lipinski definition) is 4. The summed E-state index contributed by atoms with van der Waals surface area (Å²) in [6.45, 7) is -0.231. The van der Waals surface area contributed by atoms with E-state index in [1.165, 1.54) is 25.4 Å². The van der Waals surface area contributed by atoms with E-state index in [0.717, 1.165) is 5.56 Å². The van der Waals surface area contributed by atoms with Crippen LogP contribution in [0.5, 0.6) is 5.75 Å². The van der Waals surface area contributed by atoms with E-state index < -0.39 is 23.8 Å². The van der Waals surface area contributed by atoms with Crippen molar-refractivity contribution >= 4 is 23.9 Å². The van der Waals surface area contributed by atoms with Gasteiger partial charge >= 0.3 is 5.97 Å². The summed E-state index contributed by atoms with van der Waals surface area (Å²) in [6, 6.07) is 5.53. The second kappa shape index (κ2) is 10.0. The summed E-state index contributed by atoms with van der Waals surface area (Å²) < 4.78 is 4.45. The fourth-order valence-electron chi connectivity index (χ4n) is 1.67. The van der Waals surface area contributed by atoms with E-state index in [4.69, 9.17) is 10.8 Å². The highest BCUT2D eigenvalue weighted by atomic mass is 16.5. The zero-order valence-electron chi connectivity index (χ0n) is 13.3. The number of hydrogen-bond acceptors (Lipinski definition) is 6. The van der Waals surface area contributed by atoms with Crippen molar-refractivity contribution in [2.24, 2.45) is 5.73 Å². The van der Waals surface area contributed by atoms with Crippen LogP contribution in [-0.4, -0.2) is 42.6 Å². The van der Waals surface area contributed by atoms with Gasteiger partial charge in [0.15, 0.2) is 0 Å². The number of carbonyl (C=O) groups is 3. The van der Waals surface area contributed by atoms with E-state index in [0.29, 0.717) is 0 Å². The van der Waals surface area contributed by atoms with E-state index >= 15 is 0 Å². The summed E-state index contributed by atoms with van der Waals surface area (Å²) in [5, 5.41) is 14.0. The number of phenols is 1. The van der Waals surface area contributed by atoms with Crippen molar-refractivity contribution in [3.63, 3.8) is 0 Å². The van der Waals surface area contributed by atoms with Gasteiger partial charge in [-0.05, 0) is 30.2 Å². The lowest BCUT2D eigenvalue weighted by Crippen LogP contribution is -2.44. The highest BCUT2D eigenvalue weighted by Gasteiger charge is 2.15. The summed E-state index contributed by atoms with van der Waals surface area (Å²) in [6.07, 6.45) is 3.24. The lowest BCUT2D eigenvalue weighted by Gasteiger charge is -2.11. The van der Waals surface area contributed by atoms with Crippen LogP contribution in [0.2, 0.25) is 0 Å². The average molecular weight is 335 g/mol. The fraction of sp³-hybridized carbons (Fsp3) is 0.312. The van der Waals surface area contributed by atoms with Crippen LogP contribution in [0.25, 0.3) is 6.08 Å². The monoisotopic (exact) mass is 335 g/mol. The van der Waals surface area contributed by atoms with E-state index in [-0.39, 0.29) is 25.1 Å². The van der Waals surface area contributed by atoms with Crippen molar-refractivity contribution in [2.75, 3.05) is 13.7 Å². The lowest BCUT2D eigenvalue weighted by molar-refractivity contribution is -0.141. The quantitative estimate of drug-likeness (QED) is 0.490. The largest absolute Gasteiger partial charge is 0.508 e. The molecular weight excluding hydrogens is 314 g/mol. The van der Waals surface area contributed by atoms with Crippen LogP contribution >= 0.6 is 0 Å². The molecule has 0 aliphatic carbocycles. The van der Waals surface area contributed by atoms with Gasteiger partial charge in [-0.2, -0.15) is 0 Å². The molecule has 8 nitrogen and oxygen atoms in total.